The first-order valence-corrected chi connectivity index (χ1v) is 14.4. The average Bonchev–Trinajstić information content (AvgIpc) is 3.16. The first-order valence-electron chi connectivity index (χ1n) is 14.4. The summed E-state index contributed by atoms with van der Waals surface area (Å²) in [6.07, 6.45) is 5.79. The van der Waals surface area contributed by atoms with Gasteiger partial charge in [0.25, 0.3) is 0 Å². The Bertz CT molecular complexity index is 833. The van der Waals surface area contributed by atoms with Crippen molar-refractivity contribution in [2.45, 2.75) is 117 Å². The predicted octanol–water partition coefficient (Wildman–Crippen LogP) is 3.59. The number of carboxylic acids is 1. The molecule has 5 N–H and O–H groups in total. The number of aliphatic hydroxyl groups is 3. The van der Waals surface area contributed by atoms with Crippen molar-refractivity contribution in [3.8, 4) is 0 Å². The number of hydrogen-bond acceptors (Lipinski definition) is 5. The lowest BCUT2D eigenvalue weighted by Gasteiger charge is -2.63. The lowest BCUT2D eigenvalue weighted by Crippen LogP contribution is -2.62. The van der Waals surface area contributed by atoms with Gasteiger partial charge in [-0.2, -0.15) is 0 Å². The van der Waals surface area contributed by atoms with Crippen LogP contribution in [0.4, 0.5) is 0 Å². The van der Waals surface area contributed by atoms with Crippen molar-refractivity contribution in [3.63, 3.8) is 0 Å². The number of carbonyl (C=O) groups excluding carboxylic acids is 1. The lowest BCUT2D eigenvalue weighted by atomic mass is 9.43. The van der Waals surface area contributed by atoms with Crippen molar-refractivity contribution in [1.82, 2.24) is 5.32 Å². The van der Waals surface area contributed by atoms with E-state index in [1.54, 1.807) is 13.8 Å². The van der Waals surface area contributed by atoms with Crippen LogP contribution < -0.4 is 5.32 Å². The average molecular weight is 508 g/mol. The third kappa shape index (κ3) is 4.62. The summed E-state index contributed by atoms with van der Waals surface area (Å²) in [6, 6.07) is -0.878. The second-order valence-corrected chi connectivity index (χ2v) is 13.7. The molecule has 4 aliphatic rings. The molecule has 0 radical (unpaired) electrons. The van der Waals surface area contributed by atoms with Gasteiger partial charge in [0.15, 0.2) is 0 Å². The smallest absolute Gasteiger partial charge is 0.326 e. The highest BCUT2D eigenvalue weighted by molar-refractivity contribution is 5.83. The van der Waals surface area contributed by atoms with E-state index in [1.165, 1.54) is 0 Å². The molecule has 1 amide bonds. The molecule has 1 unspecified atom stereocenters. The van der Waals surface area contributed by atoms with Crippen LogP contribution in [0, 0.1) is 52.3 Å². The minimum absolute atomic E-state index is 0.0598. The minimum atomic E-state index is -1.01. The summed E-state index contributed by atoms with van der Waals surface area (Å²) in [6.45, 7) is 10.3. The van der Waals surface area contributed by atoms with Gasteiger partial charge in [0, 0.05) is 6.42 Å². The van der Waals surface area contributed by atoms with Crippen LogP contribution in [0.3, 0.4) is 0 Å². The van der Waals surface area contributed by atoms with Crippen LogP contribution in [0.1, 0.15) is 92.4 Å². The molecule has 4 fully saturated rings. The van der Waals surface area contributed by atoms with Crippen molar-refractivity contribution < 1.29 is 30.0 Å². The van der Waals surface area contributed by atoms with Crippen LogP contribution in [0.25, 0.3) is 0 Å². The van der Waals surface area contributed by atoms with E-state index < -0.39 is 18.1 Å². The van der Waals surface area contributed by atoms with E-state index in [9.17, 15) is 30.0 Å². The molecule has 36 heavy (non-hydrogen) atoms. The van der Waals surface area contributed by atoms with E-state index in [2.05, 4.69) is 26.1 Å². The number of nitrogens with one attached hydrogen (secondary N) is 1. The third-order valence-corrected chi connectivity index (χ3v) is 11.6. The maximum Gasteiger partial charge on any atom is 0.326 e. The lowest BCUT2D eigenvalue weighted by molar-refractivity contribution is -0.207. The van der Waals surface area contributed by atoms with Gasteiger partial charge < -0.3 is 25.7 Å². The monoisotopic (exact) mass is 507 g/mol. The summed E-state index contributed by atoms with van der Waals surface area (Å²) in [5.74, 6) is 0.0761. The standard InChI is InChI=1S/C29H49NO6/c1-15(2)26(27(35)36)30-24(34)9-6-16(3)19-7-8-20-25-21(14-23(33)29(19,20)5)28(4)11-10-18(31)12-17(28)13-22(25)32/h15-23,25-26,31-33H,6-14H2,1-5H3,(H,30,34)(H,35,36)/t16-,17+,18-,19-,20+,21+,22-,23+,25+,26?,28+,29-/m1/s1. The van der Waals surface area contributed by atoms with E-state index in [0.29, 0.717) is 18.8 Å². The Hall–Kier alpha value is -1.18. The fourth-order valence-corrected chi connectivity index (χ4v) is 9.45. The molecule has 0 spiro atoms. The number of aliphatic carboxylic acids is 1. The zero-order valence-corrected chi connectivity index (χ0v) is 22.8. The molecule has 4 rings (SSSR count). The fraction of sp³-hybridized carbons (Fsp3) is 0.931. The van der Waals surface area contributed by atoms with Gasteiger partial charge in [-0.05, 0) is 104 Å². The van der Waals surface area contributed by atoms with Gasteiger partial charge in [-0.3, -0.25) is 4.79 Å². The van der Waals surface area contributed by atoms with Crippen LogP contribution in [0.2, 0.25) is 0 Å². The fourth-order valence-electron chi connectivity index (χ4n) is 9.45. The topological polar surface area (TPSA) is 127 Å². The van der Waals surface area contributed by atoms with Gasteiger partial charge in [0.2, 0.25) is 5.91 Å². The number of aliphatic hydroxyl groups excluding tert-OH is 3. The molecule has 0 heterocycles. The maximum absolute atomic E-state index is 12.6. The largest absolute Gasteiger partial charge is 0.480 e. The van der Waals surface area contributed by atoms with E-state index in [4.69, 9.17) is 0 Å². The zero-order valence-electron chi connectivity index (χ0n) is 22.8. The summed E-state index contributed by atoms with van der Waals surface area (Å²) in [7, 11) is 0. The summed E-state index contributed by atoms with van der Waals surface area (Å²) in [5, 5.41) is 45.4. The van der Waals surface area contributed by atoms with Crippen LogP contribution in [0.15, 0.2) is 0 Å². The van der Waals surface area contributed by atoms with E-state index in [1.807, 2.05) is 0 Å². The van der Waals surface area contributed by atoms with Gasteiger partial charge in [-0.15, -0.1) is 0 Å². The Labute approximate surface area is 216 Å². The molecule has 0 aromatic heterocycles. The summed E-state index contributed by atoms with van der Waals surface area (Å²) >= 11 is 0. The predicted molar refractivity (Wildman–Crippen MR) is 137 cm³/mol. The van der Waals surface area contributed by atoms with E-state index in [0.717, 1.165) is 38.5 Å². The van der Waals surface area contributed by atoms with Gasteiger partial charge >= 0.3 is 5.97 Å². The van der Waals surface area contributed by atoms with Gasteiger partial charge in [0.05, 0.1) is 18.3 Å². The first-order chi connectivity index (χ1) is 16.8. The molecule has 4 aliphatic carbocycles. The SMILES string of the molecule is CC(C)C(NC(=O)CC[C@@H](C)[C@H]1CC[C@H]2[C@@H]3[C@H](O)C[C@@H]4C[C@H](O)CC[C@]4(C)[C@H]3C[C@H](O)[C@]12C)C(=O)O. The first kappa shape index (κ1) is 27.8. The van der Waals surface area contributed by atoms with Crippen LogP contribution >= 0.6 is 0 Å². The van der Waals surface area contributed by atoms with Crippen molar-refractivity contribution in [2.24, 2.45) is 52.3 Å². The second kappa shape index (κ2) is 10.2. The highest BCUT2D eigenvalue weighted by Crippen LogP contribution is 2.68. The maximum atomic E-state index is 12.6. The van der Waals surface area contributed by atoms with Crippen molar-refractivity contribution in [3.05, 3.63) is 0 Å². The molecule has 4 saturated carbocycles. The number of rotatable bonds is 7. The summed E-state index contributed by atoms with van der Waals surface area (Å²) in [4.78, 5) is 24.0. The molecule has 0 aromatic carbocycles. The van der Waals surface area contributed by atoms with E-state index in [-0.39, 0.29) is 70.9 Å². The van der Waals surface area contributed by atoms with E-state index >= 15 is 0 Å². The van der Waals surface area contributed by atoms with Crippen molar-refractivity contribution in [2.75, 3.05) is 0 Å². The molecule has 206 valence electrons. The third-order valence-electron chi connectivity index (χ3n) is 11.6. The zero-order chi connectivity index (χ0) is 26.6. The Morgan fingerprint density at radius 1 is 0.972 bits per heavy atom. The van der Waals surface area contributed by atoms with Gasteiger partial charge in [-0.25, -0.2) is 4.79 Å². The van der Waals surface area contributed by atoms with Crippen LogP contribution in [-0.2, 0) is 9.59 Å². The highest BCUT2D eigenvalue weighted by atomic mass is 16.4. The number of carboxylic acid groups (broad SMARTS) is 1. The molecule has 0 bridgehead atoms. The molecule has 7 nitrogen and oxygen atoms in total. The highest BCUT2D eigenvalue weighted by Gasteiger charge is 2.65. The van der Waals surface area contributed by atoms with Crippen LogP contribution in [-0.4, -0.2) is 56.7 Å². The molecule has 0 aliphatic heterocycles. The molecule has 0 saturated heterocycles. The minimum Gasteiger partial charge on any atom is -0.480 e. The quantitative estimate of drug-likeness (QED) is 0.358. The Morgan fingerprint density at radius 2 is 1.67 bits per heavy atom. The Morgan fingerprint density at radius 3 is 2.31 bits per heavy atom. The molecule has 0 aromatic rings. The van der Waals surface area contributed by atoms with Crippen molar-refractivity contribution >= 4 is 11.9 Å². The number of fused-ring (bicyclic) bond motifs is 5. The summed E-state index contributed by atoms with van der Waals surface area (Å²) in [5.41, 5.74) is -0.235. The molecular weight excluding hydrogens is 458 g/mol. The number of amides is 1. The second-order valence-electron chi connectivity index (χ2n) is 13.7. The normalized spacial score (nSPS) is 45.8. The van der Waals surface area contributed by atoms with Crippen molar-refractivity contribution in [1.29, 1.82) is 0 Å². The van der Waals surface area contributed by atoms with Gasteiger partial charge in [-0.1, -0.05) is 34.6 Å². The molecule has 12 atom stereocenters. The molecule has 7 heteroatoms. The van der Waals surface area contributed by atoms with Gasteiger partial charge in [0.1, 0.15) is 6.04 Å². The Kier molecular flexibility index (Phi) is 7.87. The molecular formula is C29H49NO6. The Balaban J connectivity index is 1.46. The number of hydrogen-bond donors (Lipinski definition) is 5. The number of carbonyl (C=O) groups is 2. The van der Waals surface area contributed by atoms with Crippen LogP contribution in [0.5, 0.6) is 0 Å². The summed E-state index contributed by atoms with van der Waals surface area (Å²) < 4.78 is 0.